The molecule has 0 aromatic heterocycles. The fourth-order valence-corrected chi connectivity index (χ4v) is 2.19. The van der Waals surface area contributed by atoms with Crippen molar-refractivity contribution in [2.75, 3.05) is 13.7 Å². The molecule has 5 nitrogen and oxygen atoms in total. The van der Waals surface area contributed by atoms with Crippen LogP contribution in [0.15, 0.2) is 23.2 Å². The number of guanidine groups is 1. The van der Waals surface area contributed by atoms with Gasteiger partial charge in [-0.05, 0) is 37.0 Å². The number of alkyl halides is 2. The van der Waals surface area contributed by atoms with Crippen LogP contribution in [0, 0.1) is 5.92 Å². The van der Waals surface area contributed by atoms with Crippen LogP contribution in [0.3, 0.4) is 0 Å². The van der Waals surface area contributed by atoms with Crippen LogP contribution in [0.4, 0.5) is 8.78 Å². The molecule has 130 valence electrons. The Morgan fingerprint density at radius 1 is 1.43 bits per heavy atom. The minimum Gasteiger partial charge on any atom is -0.497 e. The third-order valence-corrected chi connectivity index (χ3v) is 3.70. The lowest BCUT2D eigenvalue weighted by Crippen LogP contribution is -2.37. The lowest BCUT2D eigenvalue weighted by Gasteiger charge is -2.25. The molecule has 1 saturated carbocycles. The van der Waals surface area contributed by atoms with Crippen molar-refractivity contribution in [3.63, 3.8) is 0 Å². The van der Waals surface area contributed by atoms with Crippen LogP contribution in [-0.2, 0) is 6.54 Å². The maximum Gasteiger partial charge on any atom is 0.387 e. The zero-order valence-corrected chi connectivity index (χ0v) is 15.3. The quantitative estimate of drug-likeness (QED) is 0.388. The third-order valence-electron chi connectivity index (χ3n) is 3.70. The average Bonchev–Trinajstić information content (AvgIpc) is 2.44. The Bertz CT molecular complexity index is 525. The van der Waals surface area contributed by atoms with Crippen molar-refractivity contribution in [2.45, 2.75) is 32.4 Å². The molecule has 0 saturated heterocycles. The maximum absolute atomic E-state index is 12.4. The van der Waals surface area contributed by atoms with E-state index < -0.39 is 6.61 Å². The second-order valence-electron chi connectivity index (χ2n) is 5.23. The number of methoxy groups -OCH3 is 1. The summed E-state index contributed by atoms with van der Waals surface area (Å²) in [4.78, 5) is 4.17. The Balaban J connectivity index is 0.00000264. The van der Waals surface area contributed by atoms with Crippen LogP contribution < -0.4 is 20.5 Å². The highest BCUT2D eigenvalue weighted by molar-refractivity contribution is 14.0. The Hall–Kier alpha value is -1.32. The number of halogens is 3. The molecule has 23 heavy (non-hydrogen) atoms. The van der Waals surface area contributed by atoms with Crippen molar-refractivity contribution >= 4 is 29.9 Å². The van der Waals surface area contributed by atoms with E-state index >= 15 is 0 Å². The first-order chi connectivity index (χ1) is 10.6. The first-order valence-corrected chi connectivity index (χ1v) is 7.24. The van der Waals surface area contributed by atoms with Crippen LogP contribution in [0.1, 0.15) is 24.8 Å². The molecule has 0 spiro atoms. The maximum atomic E-state index is 12.4. The highest BCUT2D eigenvalue weighted by Gasteiger charge is 2.17. The van der Waals surface area contributed by atoms with E-state index in [4.69, 9.17) is 10.5 Å². The van der Waals surface area contributed by atoms with E-state index in [-0.39, 0.29) is 36.3 Å². The number of rotatable bonds is 7. The smallest absolute Gasteiger partial charge is 0.387 e. The summed E-state index contributed by atoms with van der Waals surface area (Å²) in [6.07, 6.45) is 3.69. The molecule has 0 unspecified atom stereocenters. The van der Waals surface area contributed by atoms with Gasteiger partial charge in [0.25, 0.3) is 0 Å². The molecule has 1 aromatic carbocycles. The van der Waals surface area contributed by atoms with Gasteiger partial charge in [0.1, 0.15) is 11.5 Å². The van der Waals surface area contributed by atoms with E-state index in [1.54, 1.807) is 12.1 Å². The second kappa shape index (κ2) is 9.74. The first kappa shape index (κ1) is 19.7. The molecular weight excluding hydrogens is 419 g/mol. The van der Waals surface area contributed by atoms with Gasteiger partial charge in [-0.25, -0.2) is 4.99 Å². The summed E-state index contributed by atoms with van der Waals surface area (Å²) in [7, 11) is 1.50. The lowest BCUT2D eigenvalue weighted by atomic mass is 9.85. The molecule has 1 aliphatic carbocycles. The largest absolute Gasteiger partial charge is 0.497 e. The summed E-state index contributed by atoms with van der Waals surface area (Å²) in [6.45, 7) is -1.94. The highest BCUT2D eigenvalue weighted by atomic mass is 127. The minimum atomic E-state index is -2.88. The van der Waals surface area contributed by atoms with Gasteiger partial charge in [0.2, 0.25) is 0 Å². The molecule has 8 heteroatoms. The number of nitrogens with one attached hydrogen (secondary N) is 1. The van der Waals surface area contributed by atoms with Crippen molar-refractivity contribution in [1.82, 2.24) is 5.32 Å². The fraction of sp³-hybridized carbons (Fsp3) is 0.533. The Morgan fingerprint density at radius 3 is 2.74 bits per heavy atom. The molecular formula is C15H22F2IN3O2. The molecule has 0 radical (unpaired) electrons. The van der Waals surface area contributed by atoms with Crippen LogP contribution in [-0.4, -0.2) is 26.2 Å². The number of hydrogen-bond acceptors (Lipinski definition) is 3. The van der Waals surface area contributed by atoms with E-state index in [0.717, 1.165) is 6.54 Å². The minimum absolute atomic E-state index is 0. The van der Waals surface area contributed by atoms with E-state index in [9.17, 15) is 8.78 Å². The summed E-state index contributed by atoms with van der Waals surface area (Å²) < 4.78 is 34.4. The number of nitrogens with zero attached hydrogens (tertiary/aromatic N) is 1. The van der Waals surface area contributed by atoms with Crippen molar-refractivity contribution in [3.05, 3.63) is 23.8 Å². The number of benzene rings is 1. The molecule has 0 bridgehead atoms. The standard InChI is InChI=1S/C15H21F2N3O2.HI/c1-21-12-5-6-13(22-14(16)17)11(7-12)9-20-15(18)19-8-10-3-2-4-10;/h5-7,10,14H,2-4,8-9H2,1H3,(H3,18,19,20);1H. The van der Waals surface area contributed by atoms with E-state index in [1.165, 1.54) is 32.4 Å². The summed E-state index contributed by atoms with van der Waals surface area (Å²) >= 11 is 0. The van der Waals surface area contributed by atoms with Gasteiger partial charge in [0, 0.05) is 12.1 Å². The van der Waals surface area contributed by atoms with Crippen molar-refractivity contribution in [2.24, 2.45) is 16.6 Å². The van der Waals surface area contributed by atoms with Crippen molar-refractivity contribution in [3.8, 4) is 11.5 Å². The summed E-state index contributed by atoms with van der Waals surface area (Å²) in [5.74, 6) is 1.58. The number of aliphatic imine (C=N–C) groups is 1. The molecule has 2 rings (SSSR count). The van der Waals surface area contributed by atoms with Crippen LogP contribution in [0.25, 0.3) is 0 Å². The van der Waals surface area contributed by atoms with Crippen molar-refractivity contribution in [1.29, 1.82) is 0 Å². The van der Waals surface area contributed by atoms with E-state index in [2.05, 4.69) is 15.0 Å². The van der Waals surface area contributed by atoms with Gasteiger partial charge in [-0.1, -0.05) is 6.42 Å². The zero-order valence-electron chi connectivity index (χ0n) is 12.9. The van der Waals surface area contributed by atoms with Gasteiger partial charge in [-0.2, -0.15) is 8.78 Å². The van der Waals surface area contributed by atoms with Gasteiger partial charge in [0.05, 0.1) is 13.7 Å². The zero-order chi connectivity index (χ0) is 15.9. The number of nitrogens with two attached hydrogens (primary N) is 1. The predicted molar refractivity (Wildman–Crippen MR) is 95.7 cm³/mol. The lowest BCUT2D eigenvalue weighted by molar-refractivity contribution is -0.0504. The Labute approximate surface area is 151 Å². The van der Waals surface area contributed by atoms with Gasteiger partial charge < -0.3 is 20.5 Å². The first-order valence-electron chi connectivity index (χ1n) is 7.24. The van der Waals surface area contributed by atoms with Gasteiger partial charge in [-0.3, -0.25) is 0 Å². The Morgan fingerprint density at radius 2 is 2.17 bits per heavy atom. The van der Waals surface area contributed by atoms with Crippen molar-refractivity contribution < 1.29 is 18.3 Å². The normalized spacial score (nSPS) is 14.9. The van der Waals surface area contributed by atoms with E-state index in [0.29, 0.717) is 23.2 Å². The summed E-state index contributed by atoms with van der Waals surface area (Å²) in [5.41, 5.74) is 6.28. The number of hydrogen-bond donors (Lipinski definition) is 2. The summed E-state index contributed by atoms with van der Waals surface area (Å²) in [5, 5.41) is 3.05. The third kappa shape index (κ3) is 6.36. The highest BCUT2D eigenvalue weighted by Crippen LogP contribution is 2.27. The van der Waals surface area contributed by atoms with Gasteiger partial charge >= 0.3 is 6.61 Å². The van der Waals surface area contributed by atoms with E-state index in [1.807, 2.05) is 0 Å². The molecule has 1 fully saturated rings. The SMILES string of the molecule is COc1ccc(OC(F)F)c(CN=C(N)NCC2CCC2)c1.I. The van der Waals surface area contributed by atoms with Crippen LogP contribution in [0.5, 0.6) is 11.5 Å². The molecule has 3 N–H and O–H groups in total. The predicted octanol–water partition coefficient (Wildman–Crippen LogP) is 3.12. The summed E-state index contributed by atoms with van der Waals surface area (Å²) in [6, 6.07) is 4.61. The molecule has 1 aromatic rings. The van der Waals surface area contributed by atoms with Crippen LogP contribution >= 0.6 is 24.0 Å². The molecule has 1 aliphatic rings. The van der Waals surface area contributed by atoms with Gasteiger partial charge in [0.15, 0.2) is 5.96 Å². The number of ether oxygens (including phenoxy) is 2. The second-order valence-corrected chi connectivity index (χ2v) is 5.23. The molecule has 0 heterocycles. The van der Waals surface area contributed by atoms with Crippen LogP contribution in [0.2, 0.25) is 0 Å². The fourth-order valence-electron chi connectivity index (χ4n) is 2.19. The Kier molecular flexibility index (Phi) is 8.35. The average molecular weight is 441 g/mol. The molecule has 0 atom stereocenters. The van der Waals surface area contributed by atoms with Gasteiger partial charge in [-0.15, -0.1) is 24.0 Å². The monoisotopic (exact) mass is 441 g/mol. The molecule has 0 amide bonds. The topological polar surface area (TPSA) is 68.9 Å². The molecule has 0 aliphatic heterocycles.